The standard InChI is InChI=1S/C17H22N4O2S/c1-11-6-4-5-9-20(11)14(22)10-21-17(23)15-12-7-2-3-8-13(12)24-16(15)18-19-21/h11H,2-10H2,1H3/t11-/m1/s1. The van der Waals surface area contributed by atoms with Crippen LogP contribution in [0.5, 0.6) is 0 Å². The molecular formula is C17H22N4O2S. The molecule has 0 aromatic carbocycles. The fourth-order valence-electron chi connectivity index (χ4n) is 3.90. The molecule has 3 heterocycles. The Balaban J connectivity index is 1.66. The second-order valence-corrected chi connectivity index (χ2v) is 7.96. The molecule has 2 aromatic rings. The van der Waals surface area contributed by atoms with Gasteiger partial charge in [0.15, 0.2) is 4.83 Å². The second-order valence-electron chi connectivity index (χ2n) is 6.88. The predicted octanol–water partition coefficient (Wildman–Crippen LogP) is 2.13. The van der Waals surface area contributed by atoms with E-state index in [-0.39, 0.29) is 24.1 Å². The predicted molar refractivity (Wildman–Crippen MR) is 93.3 cm³/mol. The summed E-state index contributed by atoms with van der Waals surface area (Å²) >= 11 is 1.59. The third-order valence-electron chi connectivity index (χ3n) is 5.25. The van der Waals surface area contributed by atoms with Crippen LogP contribution >= 0.6 is 11.3 Å². The van der Waals surface area contributed by atoms with Crippen molar-refractivity contribution in [1.82, 2.24) is 19.9 Å². The van der Waals surface area contributed by atoms with E-state index in [9.17, 15) is 9.59 Å². The Labute approximate surface area is 144 Å². The Bertz CT molecular complexity index is 841. The molecule has 1 aliphatic heterocycles. The molecule has 7 heteroatoms. The van der Waals surface area contributed by atoms with Crippen LogP contribution in [-0.2, 0) is 24.2 Å². The van der Waals surface area contributed by atoms with Crippen molar-refractivity contribution in [3.63, 3.8) is 0 Å². The van der Waals surface area contributed by atoms with Crippen LogP contribution in [-0.4, -0.2) is 38.4 Å². The van der Waals surface area contributed by atoms with E-state index in [1.807, 2.05) is 4.90 Å². The molecule has 24 heavy (non-hydrogen) atoms. The molecule has 0 spiro atoms. The molecule has 1 amide bonds. The summed E-state index contributed by atoms with van der Waals surface area (Å²) in [5.41, 5.74) is 0.992. The quantitative estimate of drug-likeness (QED) is 0.835. The zero-order valence-electron chi connectivity index (χ0n) is 14.0. The molecule has 0 N–H and O–H groups in total. The van der Waals surface area contributed by atoms with Crippen LogP contribution in [0.15, 0.2) is 4.79 Å². The Morgan fingerprint density at radius 3 is 2.92 bits per heavy atom. The SMILES string of the molecule is C[C@@H]1CCCCN1C(=O)Cn1nnc2sc3c(c2c1=O)CCCC3. The lowest BCUT2D eigenvalue weighted by Gasteiger charge is -2.33. The third-order valence-corrected chi connectivity index (χ3v) is 6.43. The molecule has 1 saturated heterocycles. The van der Waals surface area contributed by atoms with Gasteiger partial charge in [-0.25, -0.2) is 4.68 Å². The minimum atomic E-state index is -0.155. The summed E-state index contributed by atoms with van der Waals surface area (Å²) in [4.78, 5) is 29.3. The van der Waals surface area contributed by atoms with Gasteiger partial charge in [0.25, 0.3) is 5.56 Å². The van der Waals surface area contributed by atoms with E-state index in [0.717, 1.165) is 55.5 Å². The van der Waals surface area contributed by atoms with Gasteiger partial charge in [-0.05, 0) is 57.4 Å². The van der Waals surface area contributed by atoms with E-state index in [1.54, 1.807) is 11.3 Å². The van der Waals surface area contributed by atoms with Gasteiger partial charge < -0.3 is 4.90 Å². The highest BCUT2D eigenvalue weighted by Gasteiger charge is 2.25. The Morgan fingerprint density at radius 1 is 1.25 bits per heavy atom. The van der Waals surface area contributed by atoms with Crippen molar-refractivity contribution in [2.75, 3.05) is 6.54 Å². The van der Waals surface area contributed by atoms with Crippen LogP contribution in [0.2, 0.25) is 0 Å². The van der Waals surface area contributed by atoms with Crippen molar-refractivity contribution in [3.8, 4) is 0 Å². The minimum Gasteiger partial charge on any atom is -0.338 e. The van der Waals surface area contributed by atoms with Crippen molar-refractivity contribution in [2.45, 2.75) is 64.5 Å². The zero-order chi connectivity index (χ0) is 16.7. The van der Waals surface area contributed by atoms with Gasteiger partial charge in [-0.1, -0.05) is 5.21 Å². The summed E-state index contributed by atoms with van der Waals surface area (Å²) in [6.07, 6.45) is 7.49. The molecule has 0 radical (unpaired) electrons. The lowest BCUT2D eigenvalue weighted by Crippen LogP contribution is -2.45. The second kappa shape index (κ2) is 6.27. The van der Waals surface area contributed by atoms with Gasteiger partial charge in [0.05, 0.1) is 5.39 Å². The number of piperidine rings is 1. The number of amides is 1. The number of likely N-dealkylation sites (tertiary alicyclic amines) is 1. The molecule has 4 rings (SSSR count). The average Bonchev–Trinajstić information content (AvgIpc) is 2.97. The number of fused-ring (bicyclic) bond motifs is 3. The van der Waals surface area contributed by atoms with Gasteiger partial charge in [-0.2, -0.15) is 0 Å². The molecule has 0 saturated carbocycles. The van der Waals surface area contributed by atoms with E-state index in [2.05, 4.69) is 17.2 Å². The molecule has 6 nitrogen and oxygen atoms in total. The maximum Gasteiger partial charge on any atom is 0.279 e. The fourth-order valence-corrected chi connectivity index (χ4v) is 5.09. The topological polar surface area (TPSA) is 68.1 Å². The lowest BCUT2D eigenvalue weighted by atomic mass is 9.97. The Morgan fingerprint density at radius 2 is 2.08 bits per heavy atom. The third kappa shape index (κ3) is 2.64. The van der Waals surface area contributed by atoms with Gasteiger partial charge >= 0.3 is 0 Å². The van der Waals surface area contributed by atoms with Gasteiger partial charge in [0.2, 0.25) is 5.91 Å². The number of hydrogen-bond acceptors (Lipinski definition) is 5. The van der Waals surface area contributed by atoms with Crippen molar-refractivity contribution < 1.29 is 4.79 Å². The molecule has 128 valence electrons. The van der Waals surface area contributed by atoms with Crippen LogP contribution in [0.25, 0.3) is 10.2 Å². The van der Waals surface area contributed by atoms with Crippen LogP contribution in [0.4, 0.5) is 0 Å². The number of rotatable bonds is 2. The number of nitrogens with zero attached hydrogens (tertiary/aromatic N) is 4. The number of thiophene rings is 1. The van der Waals surface area contributed by atoms with Crippen molar-refractivity contribution in [2.24, 2.45) is 0 Å². The van der Waals surface area contributed by atoms with Crippen LogP contribution in [0.3, 0.4) is 0 Å². The normalized spacial score (nSPS) is 21.0. The number of aromatic nitrogens is 3. The first kappa shape index (κ1) is 15.7. The summed E-state index contributed by atoms with van der Waals surface area (Å²) in [5.74, 6) is -0.0259. The first-order valence-electron chi connectivity index (χ1n) is 8.82. The van der Waals surface area contributed by atoms with Gasteiger partial charge in [-0.15, -0.1) is 16.4 Å². The molecule has 1 aliphatic carbocycles. The van der Waals surface area contributed by atoms with Gasteiger partial charge in [-0.3, -0.25) is 9.59 Å². The van der Waals surface area contributed by atoms with E-state index in [0.29, 0.717) is 5.39 Å². The highest BCUT2D eigenvalue weighted by Crippen LogP contribution is 2.33. The summed E-state index contributed by atoms with van der Waals surface area (Å²) < 4.78 is 1.26. The molecule has 2 aliphatic rings. The monoisotopic (exact) mass is 346 g/mol. The maximum atomic E-state index is 12.9. The Hall–Kier alpha value is -1.76. The first-order valence-corrected chi connectivity index (χ1v) is 9.64. The molecule has 1 fully saturated rings. The van der Waals surface area contributed by atoms with Crippen LogP contribution in [0, 0.1) is 0 Å². The van der Waals surface area contributed by atoms with Crippen molar-refractivity contribution >= 4 is 27.5 Å². The van der Waals surface area contributed by atoms with Crippen LogP contribution in [0.1, 0.15) is 49.5 Å². The largest absolute Gasteiger partial charge is 0.338 e. The zero-order valence-corrected chi connectivity index (χ0v) is 14.8. The van der Waals surface area contributed by atoms with E-state index in [4.69, 9.17) is 0 Å². The Kier molecular flexibility index (Phi) is 4.12. The highest BCUT2D eigenvalue weighted by atomic mass is 32.1. The average molecular weight is 346 g/mol. The highest BCUT2D eigenvalue weighted by molar-refractivity contribution is 7.18. The molecule has 1 atom stereocenters. The molecular weight excluding hydrogens is 324 g/mol. The number of hydrogen-bond donors (Lipinski definition) is 0. The van der Waals surface area contributed by atoms with Crippen LogP contribution < -0.4 is 5.56 Å². The smallest absolute Gasteiger partial charge is 0.279 e. The number of carbonyl (C=O) groups excluding carboxylic acids is 1. The number of carbonyl (C=O) groups is 1. The van der Waals surface area contributed by atoms with Gasteiger partial charge in [0.1, 0.15) is 6.54 Å². The summed E-state index contributed by atoms with van der Waals surface area (Å²) in [5, 5.41) is 8.95. The fraction of sp³-hybridized carbons (Fsp3) is 0.647. The van der Waals surface area contributed by atoms with Crippen molar-refractivity contribution in [1.29, 1.82) is 0 Å². The first-order chi connectivity index (χ1) is 11.6. The lowest BCUT2D eigenvalue weighted by molar-refractivity contribution is -0.135. The van der Waals surface area contributed by atoms with Gasteiger partial charge in [0, 0.05) is 17.5 Å². The minimum absolute atomic E-state index is 0.00324. The van der Waals surface area contributed by atoms with Crippen molar-refractivity contribution in [3.05, 3.63) is 20.8 Å². The van der Waals surface area contributed by atoms with E-state index < -0.39 is 0 Å². The summed E-state index contributed by atoms with van der Waals surface area (Å²) in [7, 11) is 0. The molecule has 0 unspecified atom stereocenters. The van der Waals surface area contributed by atoms with E-state index in [1.165, 1.54) is 16.0 Å². The maximum absolute atomic E-state index is 12.9. The summed E-state index contributed by atoms with van der Waals surface area (Å²) in [6, 6.07) is 0.243. The molecule has 2 aromatic heterocycles. The number of aryl methyl sites for hydroxylation is 2. The van der Waals surface area contributed by atoms with E-state index >= 15 is 0 Å². The summed E-state index contributed by atoms with van der Waals surface area (Å²) in [6.45, 7) is 2.85. The molecule has 0 bridgehead atoms.